The molecule has 0 spiro atoms. The maximum atomic E-state index is 12.8. The first-order chi connectivity index (χ1) is 12.2. The second-order valence-corrected chi connectivity index (χ2v) is 6.31. The number of aromatic amines is 1. The summed E-state index contributed by atoms with van der Waals surface area (Å²) in [6.07, 6.45) is 1.03. The first-order valence-electron chi connectivity index (χ1n) is 8.89. The lowest BCUT2D eigenvalue weighted by Gasteiger charge is -2.25. The van der Waals surface area contributed by atoms with Gasteiger partial charge >= 0.3 is 0 Å². The van der Waals surface area contributed by atoms with Crippen molar-refractivity contribution in [3.63, 3.8) is 0 Å². The van der Waals surface area contributed by atoms with Gasteiger partial charge < -0.3 is 9.64 Å². The zero-order valence-electron chi connectivity index (χ0n) is 15.2. The van der Waals surface area contributed by atoms with Gasteiger partial charge in [0.05, 0.1) is 12.8 Å². The van der Waals surface area contributed by atoms with Crippen molar-refractivity contribution in [3.05, 3.63) is 36.0 Å². The summed E-state index contributed by atoms with van der Waals surface area (Å²) < 4.78 is 5.17. The molecule has 0 radical (unpaired) electrons. The van der Waals surface area contributed by atoms with Crippen LogP contribution >= 0.6 is 0 Å². The smallest absolute Gasteiger partial charge is 0.271 e. The van der Waals surface area contributed by atoms with E-state index >= 15 is 0 Å². The average molecular weight is 342 g/mol. The maximum absolute atomic E-state index is 12.8. The molecular weight excluding hydrogens is 316 g/mol. The minimum Gasteiger partial charge on any atom is -0.497 e. The Balaban J connectivity index is 1.68. The highest BCUT2D eigenvalue weighted by atomic mass is 16.5. The number of rotatable bonds is 6. The van der Waals surface area contributed by atoms with Crippen LogP contribution in [0.3, 0.4) is 0 Å². The van der Waals surface area contributed by atoms with Crippen molar-refractivity contribution in [2.45, 2.75) is 26.3 Å². The molecule has 0 saturated carbocycles. The van der Waals surface area contributed by atoms with E-state index in [1.165, 1.54) is 0 Å². The van der Waals surface area contributed by atoms with E-state index in [2.05, 4.69) is 28.9 Å². The van der Waals surface area contributed by atoms with Gasteiger partial charge in [0.15, 0.2) is 0 Å². The van der Waals surface area contributed by atoms with Crippen LogP contribution in [0.1, 0.15) is 30.8 Å². The van der Waals surface area contributed by atoms with E-state index in [9.17, 15) is 4.79 Å². The SMILES string of the molecule is CCN(CC)C1CCN(C(=O)c2cc(-c3ccc(OC)cc3)n[nH]2)C1. The first-order valence-corrected chi connectivity index (χ1v) is 8.89. The van der Waals surface area contributed by atoms with Crippen molar-refractivity contribution < 1.29 is 9.53 Å². The van der Waals surface area contributed by atoms with Crippen LogP contribution in [-0.4, -0.2) is 65.2 Å². The Morgan fingerprint density at radius 3 is 2.68 bits per heavy atom. The largest absolute Gasteiger partial charge is 0.497 e. The van der Waals surface area contributed by atoms with Crippen molar-refractivity contribution in [3.8, 4) is 17.0 Å². The molecule has 1 amide bonds. The number of methoxy groups -OCH3 is 1. The monoisotopic (exact) mass is 342 g/mol. The highest BCUT2D eigenvalue weighted by Gasteiger charge is 2.30. The number of aromatic nitrogens is 2. The van der Waals surface area contributed by atoms with Gasteiger partial charge in [-0.1, -0.05) is 13.8 Å². The highest BCUT2D eigenvalue weighted by Crippen LogP contribution is 2.23. The number of hydrogen-bond donors (Lipinski definition) is 1. The summed E-state index contributed by atoms with van der Waals surface area (Å²) in [5.41, 5.74) is 2.27. The molecule has 1 unspecified atom stereocenters. The summed E-state index contributed by atoms with van der Waals surface area (Å²) >= 11 is 0. The molecule has 1 fully saturated rings. The number of nitrogens with one attached hydrogen (secondary N) is 1. The van der Waals surface area contributed by atoms with Crippen LogP contribution in [0, 0.1) is 0 Å². The Kier molecular flexibility index (Phi) is 5.38. The minimum absolute atomic E-state index is 0.0296. The number of carbonyl (C=O) groups excluding carboxylic acids is 1. The maximum Gasteiger partial charge on any atom is 0.271 e. The Morgan fingerprint density at radius 1 is 1.32 bits per heavy atom. The van der Waals surface area contributed by atoms with E-state index in [1.54, 1.807) is 7.11 Å². The number of carbonyl (C=O) groups is 1. The third-order valence-corrected chi connectivity index (χ3v) is 4.97. The van der Waals surface area contributed by atoms with Crippen LogP contribution in [0.4, 0.5) is 0 Å². The predicted octanol–water partition coefficient (Wildman–Crippen LogP) is 2.64. The Hall–Kier alpha value is -2.34. The van der Waals surface area contributed by atoms with Crippen molar-refractivity contribution >= 4 is 5.91 Å². The molecular formula is C19H26N4O2. The second kappa shape index (κ2) is 7.70. The highest BCUT2D eigenvalue weighted by molar-refractivity contribution is 5.93. The van der Waals surface area contributed by atoms with Crippen LogP contribution in [0.25, 0.3) is 11.3 Å². The molecule has 6 nitrogen and oxygen atoms in total. The van der Waals surface area contributed by atoms with Gasteiger partial charge in [0.25, 0.3) is 5.91 Å². The van der Waals surface area contributed by atoms with E-state index in [-0.39, 0.29) is 5.91 Å². The normalized spacial score (nSPS) is 17.3. The van der Waals surface area contributed by atoms with Gasteiger partial charge in [-0.05, 0) is 49.8 Å². The zero-order chi connectivity index (χ0) is 17.8. The van der Waals surface area contributed by atoms with Gasteiger partial charge in [0.1, 0.15) is 11.4 Å². The van der Waals surface area contributed by atoms with Crippen molar-refractivity contribution in [1.29, 1.82) is 0 Å². The van der Waals surface area contributed by atoms with Gasteiger partial charge in [-0.25, -0.2) is 0 Å². The van der Waals surface area contributed by atoms with Crippen molar-refractivity contribution in [2.75, 3.05) is 33.3 Å². The molecule has 1 saturated heterocycles. The molecule has 2 aromatic rings. The van der Waals surface area contributed by atoms with E-state index in [0.717, 1.165) is 49.6 Å². The molecule has 1 atom stereocenters. The number of ether oxygens (including phenoxy) is 1. The van der Waals surface area contributed by atoms with E-state index < -0.39 is 0 Å². The number of hydrogen-bond acceptors (Lipinski definition) is 4. The number of likely N-dealkylation sites (N-methyl/N-ethyl adjacent to an activating group) is 1. The van der Waals surface area contributed by atoms with Crippen LogP contribution < -0.4 is 4.74 Å². The second-order valence-electron chi connectivity index (χ2n) is 6.31. The topological polar surface area (TPSA) is 61.5 Å². The Labute approximate surface area is 148 Å². The van der Waals surface area contributed by atoms with Gasteiger partial charge in [0.2, 0.25) is 0 Å². The van der Waals surface area contributed by atoms with Gasteiger partial charge in [0, 0.05) is 24.7 Å². The summed E-state index contributed by atoms with van der Waals surface area (Å²) in [6.45, 7) is 7.98. The van der Waals surface area contributed by atoms with E-state index in [0.29, 0.717) is 11.7 Å². The van der Waals surface area contributed by atoms with Crippen LogP contribution in [-0.2, 0) is 0 Å². The molecule has 25 heavy (non-hydrogen) atoms. The van der Waals surface area contributed by atoms with Gasteiger partial charge in [-0.3, -0.25) is 14.8 Å². The molecule has 0 bridgehead atoms. The molecule has 0 aliphatic carbocycles. The number of nitrogens with zero attached hydrogens (tertiary/aromatic N) is 3. The van der Waals surface area contributed by atoms with E-state index in [1.807, 2.05) is 35.2 Å². The van der Waals surface area contributed by atoms with Gasteiger partial charge in [-0.2, -0.15) is 5.10 Å². The molecule has 6 heteroatoms. The Morgan fingerprint density at radius 2 is 2.04 bits per heavy atom. The first kappa shape index (κ1) is 17.5. The van der Waals surface area contributed by atoms with Gasteiger partial charge in [-0.15, -0.1) is 0 Å². The van der Waals surface area contributed by atoms with Crippen LogP contribution in [0.2, 0.25) is 0 Å². The van der Waals surface area contributed by atoms with Crippen LogP contribution in [0.15, 0.2) is 30.3 Å². The molecule has 3 rings (SSSR count). The summed E-state index contributed by atoms with van der Waals surface area (Å²) in [5.74, 6) is 0.831. The molecule has 1 aliphatic heterocycles. The lowest BCUT2D eigenvalue weighted by atomic mass is 10.1. The zero-order valence-corrected chi connectivity index (χ0v) is 15.2. The molecule has 134 valence electrons. The third kappa shape index (κ3) is 3.69. The van der Waals surface area contributed by atoms with E-state index in [4.69, 9.17) is 4.74 Å². The molecule has 1 aliphatic rings. The fourth-order valence-electron chi connectivity index (χ4n) is 3.48. The third-order valence-electron chi connectivity index (χ3n) is 4.97. The quantitative estimate of drug-likeness (QED) is 0.877. The molecule has 1 N–H and O–H groups in total. The lowest BCUT2D eigenvalue weighted by molar-refractivity contribution is 0.0772. The summed E-state index contributed by atoms with van der Waals surface area (Å²) in [7, 11) is 1.64. The van der Waals surface area contributed by atoms with Crippen molar-refractivity contribution in [1.82, 2.24) is 20.0 Å². The Bertz CT molecular complexity index is 706. The predicted molar refractivity (Wildman–Crippen MR) is 97.8 cm³/mol. The molecule has 1 aromatic carbocycles. The average Bonchev–Trinajstić information content (AvgIpc) is 3.32. The number of amides is 1. The summed E-state index contributed by atoms with van der Waals surface area (Å²) in [6, 6.07) is 9.95. The molecule has 1 aromatic heterocycles. The minimum atomic E-state index is 0.0296. The van der Waals surface area contributed by atoms with Crippen LogP contribution in [0.5, 0.6) is 5.75 Å². The fraction of sp³-hybridized carbons (Fsp3) is 0.474. The summed E-state index contributed by atoms with van der Waals surface area (Å²) in [5, 5.41) is 7.19. The standard InChI is InChI=1S/C19H26N4O2/c1-4-22(5-2)15-10-11-23(13-15)19(24)18-12-17(20-21-18)14-6-8-16(25-3)9-7-14/h6-9,12,15H,4-5,10-11,13H2,1-3H3,(H,20,21). The number of benzene rings is 1. The molecule has 2 heterocycles. The lowest BCUT2D eigenvalue weighted by Crippen LogP contribution is -2.38. The van der Waals surface area contributed by atoms with Crippen molar-refractivity contribution in [2.24, 2.45) is 0 Å². The number of likely N-dealkylation sites (tertiary alicyclic amines) is 1. The summed E-state index contributed by atoms with van der Waals surface area (Å²) in [4.78, 5) is 17.1. The number of H-pyrrole nitrogens is 1. The fourth-order valence-corrected chi connectivity index (χ4v) is 3.48.